The lowest BCUT2D eigenvalue weighted by atomic mass is 10.1. The quantitative estimate of drug-likeness (QED) is 0.818. The summed E-state index contributed by atoms with van der Waals surface area (Å²) in [4.78, 5) is 11.9. The van der Waals surface area contributed by atoms with Crippen molar-refractivity contribution >= 4 is 5.91 Å². The van der Waals surface area contributed by atoms with Gasteiger partial charge in [-0.05, 0) is 12.1 Å². The van der Waals surface area contributed by atoms with Gasteiger partial charge in [0.15, 0.2) is 5.76 Å². The molecule has 0 fully saturated rings. The van der Waals surface area contributed by atoms with Crippen LogP contribution in [-0.4, -0.2) is 30.8 Å². The number of carbonyl (C=O) groups is 1. The van der Waals surface area contributed by atoms with Crippen molar-refractivity contribution in [2.24, 2.45) is 0 Å². The first-order valence-corrected chi connectivity index (χ1v) is 7.04. The fraction of sp³-hybridized carbons (Fsp3) is 0.250. The maximum Gasteiger partial charge on any atom is 0.241 e. The number of hydrogen-bond acceptors (Lipinski definition) is 5. The number of carbonyl (C=O) groups excluding carboxylic acids is 1. The standard InChI is InChI=1S/C16H17N3O3/c1-21-13-5-2-4-11(8-13)15-9-12(19-22-15)10-18-16(20)14-6-3-7-17-14/h2-6,8-9,14,17H,7,10H2,1H3,(H,18,20)/t14-/m1/s1. The summed E-state index contributed by atoms with van der Waals surface area (Å²) in [6.07, 6.45) is 3.78. The van der Waals surface area contributed by atoms with E-state index in [0.717, 1.165) is 17.9 Å². The Balaban J connectivity index is 1.63. The van der Waals surface area contributed by atoms with Crippen molar-refractivity contribution in [2.45, 2.75) is 12.6 Å². The van der Waals surface area contributed by atoms with Crippen LogP contribution < -0.4 is 15.4 Å². The van der Waals surface area contributed by atoms with Gasteiger partial charge in [-0.15, -0.1) is 0 Å². The smallest absolute Gasteiger partial charge is 0.241 e. The Kier molecular flexibility index (Phi) is 4.20. The summed E-state index contributed by atoms with van der Waals surface area (Å²) in [5.41, 5.74) is 1.55. The highest BCUT2D eigenvalue weighted by Gasteiger charge is 2.17. The number of nitrogens with zero attached hydrogens (tertiary/aromatic N) is 1. The molecule has 2 aromatic rings. The number of amides is 1. The Hall–Kier alpha value is -2.60. The molecule has 1 amide bonds. The molecule has 0 spiro atoms. The fourth-order valence-electron chi connectivity index (χ4n) is 2.24. The van der Waals surface area contributed by atoms with Crippen LogP contribution in [-0.2, 0) is 11.3 Å². The molecule has 1 aliphatic rings. The number of ether oxygens (including phenoxy) is 1. The number of nitrogens with one attached hydrogen (secondary N) is 2. The summed E-state index contributed by atoms with van der Waals surface area (Å²) in [7, 11) is 1.62. The molecule has 0 saturated carbocycles. The molecule has 0 bridgehead atoms. The predicted octanol–water partition coefficient (Wildman–Crippen LogP) is 1.49. The Morgan fingerprint density at radius 3 is 3.18 bits per heavy atom. The zero-order valence-corrected chi connectivity index (χ0v) is 12.2. The number of aromatic nitrogens is 1. The monoisotopic (exact) mass is 299 g/mol. The van der Waals surface area contributed by atoms with Crippen molar-refractivity contribution in [3.63, 3.8) is 0 Å². The van der Waals surface area contributed by atoms with Gasteiger partial charge in [-0.1, -0.05) is 29.4 Å². The van der Waals surface area contributed by atoms with Crippen LogP contribution in [0, 0.1) is 0 Å². The van der Waals surface area contributed by atoms with Gasteiger partial charge in [-0.25, -0.2) is 0 Å². The van der Waals surface area contributed by atoms with E-state index in [1.54, 1.807) is 7.11 Å². The molecule has 22 heavy (non-hydrogen) atoms. The van der Waals surface area contributed by atoms with Crippen molar-refractivity contribution in [3.05, 3.63) is 48.2 Å². The van der Waals surface area contributed by atoms with Crippen LogP contribution in [0.25, 0.3) is 11.3 Å². The first kappa shape index (κ1) is 14.3. The molecule has 6 heteroatoms. The van der Waals surface area contributed by atoms with E-state index in [2.05, 4.69) is 15.8 Å². The first-order valence-electron chi connectivity index (χ1n) is 7.04. The van der Waals surface area contributed by atoms with Gasteiger partial charge in [0.25, 0.3) is 0 Å². The number of rotatable bonds is 5. The van der Waals surface area contributed by atoms with Gasteiger partial charge in [-0.2, -0.15) is 0 Å². The normalized spacial score (nSPS) is 16.7. The summed E-state index contributed by atoms with van der Waals surface area (Å²) in [6.45, 7) is 1.06. The van der Waals surface area contributed by atoms with Crippen LogP contribution in [0.2, 0.25) is 0 Å². The molecule has 6 nitrogen and oxygen atoms in total. The van der Waals surface area contributed by atoms with E-state index in [-0.39, 0.29) is 11.9 Å². The van der Waals surface area contributed by atoms with E-state index in [1.165, 1.54) is 0 Å². The maximum absolute atomic E-state index is 11.9. The van der Waals surface area contributed by atoms with Crippen molar-refractivity contribution in [3.8, 4) is 17.1 Å². The molecule has 3 rings (SSSR count). The summed E-state index contributed by atoms with van der Waals surface area (Å²) < 4.78 is 10.5. The van der Waals surface area contributed by atoms with Crippen LogP contribution >= 0.6 is 0 Å². The molecular formula is C16H17N3O3. The Morgan fingerprint density at radius 2 is 2.41 bits per heavy atom. The molecule has 1 aromatic heterocycles. The largest absolute Gasteiger partial charge is 0.497 e. The van der Waals surface area contributed by atoms with Gasteiger partial charge >= 0.3 is 0 Å². The molecular weight excluding hydrogens is 282 g/mol. The predicted molar refractivity (Wildman–Crippen MR) is 81.3 cm³/mol. The van der Waals surface area contributed by atoms with E-state index in [4.69, 9.17) is 9.26 Å². The molecule has 2 N–H and O–H groups in total. The summed E-state index contributed by atoms with van der Waals surface area (Å²) in [6, 6.07) is 9.09. The molecule has 1 atom stereocenters. The van der Waals surface area contributed by atoms with Gasteiger partial charge in [-0.3, -0.25) is 10.1 Å². The minimum absolute atomic E-state index is 0.0697. The van der Waals surface area contributed by atoms with E-state index in [1.807, 2.05) is 42.5 Å². The van der Waals surface area contributed by atoms with Gasteiger partial charge in [0.1, 0.15) is 17.5 Å². The van der Waals surface area contributed by atoms with Gasteiger partial charge in [0.05, 0.1) is 13.7 Å². The second-order valence-corrected chi connectivity index (χ2v) is 4.95. The zero-order chi connectivity index (χ0) is 15.4. The van der Waals surface area contributed by atoms with Crippen LogP contribution in [0.4, 0.5) is 0 Å². The highest BCUT2D eigenvalue weighted by atomic mass is 16.5. The maximum atomic E-state index is 11.9. The second kappa shape index (κ2) is 6.44. The highest BCUT2D eigenvalue weighted by molar-refractivity contribution is 5.84. The molecule has 0 saturated heterocycles. The number of methoxy groups -OCH3 is 1. The topological polar surface area (TPSA) is 76.4 Å². The lowest BCUT2D eigenvalue weighted by Crippen LogP contribution is -2.40. The van der Waals surface area contributed by atoms with Crippen LogP contribution in [0.15, 0.2) is 47.0 Å². The highest BCUT2D eigenvalue weighted by Crippen LogP contribution is 2.24. The average molecular weight is 299 g/mol. The third kappa shape index (κ3) is 3.17. The van der Waals surface area contributed by atoms with E-state index in [0.29, 0.717) is 18.0 Å². The van der Waals surface area contributed by atoms with E-state index >= 15 is 0 Å². The molecule has 2 heterocycles. The summed E-state index contributed by atoms with van der Waals surface area (Å²) >= 11 is 0. The zero-order valence-electron chi connectivity index (χ0n) is 12.2. The van der Waals surface area contributed by atoms with Crippen molar-refractivity contribution < 1.29 is 14.1 Å². The molecule has 0 radical (unpaired) electrons. The second-order valence-electron chi connectivity index (χ2n) is 4.95. The molecule has 114 valence electrons. The van der Waals surface area contributed by atoms with Gasteiger partial charge in [0.2, 0.25) is 5.91 Å². The van der Waals surface area contributed by atoms with Crippen LogP contribution in [0.1, 0.15) is 5.69 Å². The van der Waals surface area contributed by atoms with Crippen LogP contribution in [0.3, 0.4) is 0 Å². The molecule has 0 unspecified atom stereocenters. The summed E-state index contributed by atoms with van der Waals surface area (Å²) in [5, 5.41) is 9.86. The van der Waals surface area contributed by atoms with Crippen molar-refractivity contribution in [1.82, 2.24) is 15.8 Å². The number of benzene rings is 1. The Bertz CT molecular complexity index is 693. The Labute approximate surface area is 128 Å². The van der Waals surface area contributed by atoms with Crippen molar-refractivity contribution in [2.75, 3.05) is 13.7 Å². The summed E-state index contributed by atoms with van der Waals surface area (Å²) in [5.74, 6) is 1.32. The third-order valence-electron chi connectivity index (χ3n) is 3.42. The van der Waals surface area contributed by atoms with Crippen LogP contribution in [0.5, 0.6) is 5.75 Å². The molecule has 0 aliphatic carbocycles. The van der Waals surface area contributed by atoms with E-state index in [9.17, 15) is 4.79 Å². The lowest BCUT2D eigenvalue weighted by molar-refractivity contribution is -0.122. The van der Waals surface area contributed by atoms with Gasteiger partial charge < -0.3 is 14.6 Å². The fourth-order valence-corrected chi connectivity index (χ4v) is 2.24. The minimum Gasteiger partial charge on any atom is -0.497 e. The molecule has 1 aromatic carbocycles. The number of hydrogen-bond donors (Lipinski definition) is 2. The first-order chi connectivity index (χ1) is 10.8. The third-order valence-corrected chi connectivity index (χ3v) is 3.42. The molecule has 1 aliphatic heterocycles. The van der Waals surface area contributed by atoms with Gasteiger partial charge in [0, 0.05) is 18.2 Å². The van der Waals surface area contributed by atoms with Crippen molar-refractivity contribution in [1.29, 1.82) is 0 Å². The van der Waals surface area contributed by atoms with E-state index < -0.39 is 0 Å². The SMILES string of the molecule is COc1cccc(-c2cc(CNC(=O)[C@H]3C=CCN3)no2)c1. The Morgan fingerprint density at radius 1 is 1.50 bits per heavy atom. The minimum atomic E-state index is -0.259. The average Bonchev–Trinajstić information content (AvgIpc) is 3.24. The lowest BCUT2D eigenvalue weighted by Gasteiger charge is -2.08.